The Morgan fingerprint density at radius 2 is 1.52 bits per heavy atom. The Bertz CT molecular complexity index is 1410. The van der Waals surface area contributed by atoms with Crippen LogP contribution >= 0.6 is 0 Å². The van der Waals surface area contributed by atoms with Crippen molar-refractivity contribution in [1.82, 2.24) is 4.90 Å². The Hall–Kier alpha value is -3.56. The van der Waals surface area contributed by atoms with Crippen LogP contribution in [0.3, 0.4) is 0 Å². The molecule has 0 saturated carbocycles. The van der Waals surface area contributed by atoms with Gasteiger partial charge in [0.2, 0.25) is 0 Å². The number of hydrogen-bond acceptors (Lipinski definition) is 3. The summed E-state index contributed by atoms with van der Waals surface area (Å²) in [6.45, 7) is 4.85. The van der Waals surface area contributed by atoms with Crippen molar-refractivity contribution in [1.29, 1.82) is 0 Å². The maximum atomic E-state index is 6.92. The summed E-state index contributed by atoms with van der Waals surface area (Å²) in [5, 5.41) is 2.47. The van der Waals surface area contributed by atoms with Crippen LogP contribution in [-0.4, -0.2) is 18.2 Å². The lowest BCUT2D eigenvalue weighted by atomic mass is 9.86. The molecule has 2 heterocycles. The van der Waals surface area contributed by atoms with E-state index in [9.17, 15) is 0 Å². The number of benzene rings is 4. The van der Waals surface area contributed by atoms with Crippen LogP contribution in [0.1, 0.15) is 35.6 Å². The number of hydrogen-bond donors (Lipinski definition) is 0. The standard InChI is InChI=1S/C30H25NO2/c1-2-17-31-18-25-21-12-14-29-24(20(21)11-13-28(25)32-19-31)15-16-30(33-29)26-9-5-3-7-22(26)23-8-4-6-10-27(23)30/h3-16H,2,17-19H2,1H3. The number of fused-ring (bicyclic) bond motifs is 10. The number of rotatable bonds is 2. The molecular weight excluding hydrogens is 406 g/mol. The van der Waals surface area contributed by atoms with Crippen LogP contribution in [0.2, 0.25) is 0 Å². The molecule has 0 atom stereocenters. The molecule has 2 aliphatic heterocycles. The van der Waals surface area contributed by atoms with Crippen LogP contribution in [0, 0.1) is 0 Å². The average Bonchev–Trinajstić information content (AvgIpc) is 3.13. The predicted molar refractivity (Wildman–Crippen MR) is 132 cm³/mol. The molecular formula is C30H25NO2. The molecule has 7 rings (SSSR count). The molecule has 0 aromatic heterocycles. The van der Waals surface area contributed by atoms with Gasteiger partial charge in [0.05, 0.1) is 0 Å². The van der Waals surface area contributed by atoms with Gasteiger partial charge in [-0.2, -0.15) is 0 Å². The van der Waals surface area contributed by atoms with Gasteiger partial charge in [-0.3, -0.25) is 4.90 Å². The topological polar surface area (TPSA) is 21.7 Å². The minimum Gasteiger partial charge on any atom is -0.478 e. The molecule has 0 amide bonds. The first-order chi connectivity index (χ1) is 16.3. The third-order valence-corrected chi connectivity index (χ3v) is 7.30. The van der Waals surface area contributed by atoms with Crippen LogP contribution in [0.15, 0.2) is 78.9 Å². The molecule has 33 heavy (non-hydrogen) atoms. The number of ether oxygens (including phenoxy) is 2. The molecule has 0 radical (unpaired) electrons. The second kappa shape index (κ2) is 6.97. The summed E-state index contributed by atoms with van der Waals surface area (Å²) in [6, 6.07) is 25.9. The van der Waals surface area contributed by atoms with Gasteiger partial charge in [0, 0.05) is 35.3 Å². The highest BCUT2D eigenvalue weighted by molar-refractivity contribution is 5.97. The predicted octanol–water partition coefficient (Wildman–Crippen LogP) is 6.73. The fourth-order valence-electron chi connectivity index (χ4n) is 5.83. The lowest BCUT2D eigenvalue weighted by Gasteiger charge is -2.34. The molecule has 0 saturated heterocycles. The van der Waals surface area contributed by atoms with Gasteiger partial charge in [0.1, 0.15) is 18.2 Å². The van der Waals surface area contributed by atoms with Crippen molar-refractivity contribution in [2.24, 2.45) is 0 Å². The van der Waals surface area contributed by atoms with Crippen molar-refractivity contribution in [3.05, 3.63) is 101 Å². The summed E-state index contributed by atoms with van der Waals surface area (Å²) in [5.74, 6) is 1.93. The zero-order valence-corrected chi connectivity index (χ0v) is 18.7. The van der Waals surface area contributed by atoms with Crippen molar-refractivity contribution >= 4 is 16.8 Å². The largest absolute Gasteiger partial charge is 0.478 e. The molecule has 4 aromatic carbocycles. The van der Waals surface area contributed by atoms with E-state index in [-0.39, 0.29) is 0 Å². The van der Waals surface area contributed by atoms with Crippen LogP contribution in [-0.2, 0) is 12.1 Å². The first-order valence-corrected chi connectivity index (χ1v) is 11.8. The van der Waals surface area contributed by atoms with Crippen LogP contribution in [0.5, 0.6) is 11.5 Å². The molecule has 0 bridgehead atoms. The van der Waals surface area contributed by atoms with Gasteiger partial charge in [0.25, 0.3) is 0 Å². The quantitative estimate of drug-likeness (QED) is 0.351. The van der Waals surface area contributed by atoms with Gasteiger partial charge in [-0.1, -0.05) is 61.5 Å². The first-order valence-electron chi connectivity index (χ1n) is 11.8. The van der Waals surface area contributed by atoms with E-state index in [2.05, 4.69) is 96.8 Å². The maximum absolute atomic E-state index is 6.92. The molecule has 162 valence electrons. The van der Waals surface area contributed by atoms with Crippen molar-refractivity contribution < 1.29 is 9.47 Å². The molecule has 3 nitrogen and oxygen atoms in total. The van der Waals surface area contributed by atoms with E-state index >= 15 is 0 Å². The molecule has 0 fully saturated rings. The van der Waals surface area contributed by atoms with E-state index in [1.807, 2.05) is 0 Å². The van der Waals surface area contributed by atoms with E-state index < -0.39 is 5.60 Å². The van der Waals surface area contributed by atoms with E-state index in [4.69, 9.17) is 9.47 Å². The maximum Gasteiger partial charge on any atom is 0.179 e. The third-order valence-electron chi connectivity index (χ3n) is 7.30. The van der Waals surface area contributed by atoms with E-state index in [1.165, 1.54) is 38.6 Å². The molecule has 1 spiro atoms. The van der Waals surface area contributed by atoms with Gasteiger partial charge < -0.3 is 9.47 Å². The van der Waals surface area contributed by atoms with E-state index in [1.54, 1.807) is 0 Å². The van der Waals surface area contributed by atoms with Gasteiger partial charge in [-0.05, 0) is 58.7 Å². The first kappa shape index (κ1) is 19.0. The fraction of sp³-hybridized carbons (Fsp3) is 0.200. The summed E-state index contributed by atoms with van der Waals surface area (Å²) in [5.41, 5.74) is 6.77. The smallest absolute Gasteiger partial charge is 0.179 e. The second-order valence-electron chi connectivity index (χ2n) is 9.20. The highest BCUT2D eigenvalue weighted by Gasteiger charge is 2.45. The Kier molecular flexibility index (Phi) is 4.00. The van der Waals surface area contributed by atoms with Crippen molar-refractivity contribution in [3.8, 4) is 22.6 Å². The van der Waals surface area contributed by atoms with E-state index in [0.717, 1.165) is 36.6 Å². The minimum absolute atomic E-state index is 0.580. The Labute approximate surface area is 193 Å². The zero-order valence-electron chi connectivity index (χ0n) is 18.7. The Morgan fingerprint density at radius 3 is 2.27 bits per heavy atom. The Balaban J connectivity index is 1.38. The normalized spacial score (nSPS) is 17.1. The molecule has 4 aromatic rings. The zero-order chi connectivity index (χ0) is 22.0. The minimum atomic E-state index is -0.580. The summed E-state index contributed by atoms with van der Waals surface area (Å²) >= 11 is 0. The monoisotopic (exact) mass is 431 g/mol. The van der Waals surface area contributed by atoms with Crippen LogP contribution in [0.25, 0.3) is 28.0 Å². The van der Waals surface area contributed by atoms with Gasteiger partial charge >= 0.3 is 0 Å². The Morgan fingerprint density at radius 1 is 0.818 bits per heavy atom. The highest BCUT2D eigenvalue weighted by atomic mass is 16.5. The van der Waals surface area contributed by atoms with Crippen molar-refractivity contribution in [2.75, 3.05) is 13.3 Å². The number of nitrogens with zero attached hydrogens (tertiary/aromatic N) is 1. The SMILES string of the molecule is CCCN1COc2ccc3c4c(ccc3c2C1)OC1(C=C4)c2ccccc2-c2ccccc21. The lowest BCUT2D eigenvalue weighted by molar-refractivity contribution is 0.0965. The summed E-state index contributed by atoms with van der Waals surface area (Å²) in [6.07, 6.45) is 5.64. The highest BCUT2D eigenvalue weighted by Crippen LogP contribution is 2.53. The lowest BCUT2D eigenvalue weighted by Crippen LogP contribution is -2.33. The fourth-order valence-corrected chi connectivity index (χ4v) is 5.83. The van der Waals surface area contributed by atoms with Crippen LogP contribution < -0.4 is 9.47 Å². The summed E-state index contributed by atoms with van der Waals surface area (Å²) in [7, 11) is 0. The molecule has 0 unspecified atom stereocenters. The van der Waals surface area contributed by atoms with Crippen LogP contribution in [0.4, 0.5) is 0 Å². The third kappa shape index (κ3) is 2.60. The van der Waals surface area contributed by atoms with Gasteiger partial charge in [0.15, 0.2) is 5.60 Å². The summed E-state index contributed by atoms with van der Waals surface area (Å²) < 4.78 is 13.0. The van der Waals surface area contributed by atoms with Crippen molar-refractivity contribution in [3.63, 3.8) is 0 Å². The van der Waals surface area contributed by atoms with Crippen molar-refractivity contribution in [2.45, 2.75) is 25.5 Å². The van der Waals surface area contributed by atoms with Gasteiger partial charge in [-0.25, -0.2) is 0 Å². The molecule has 3 aliphatic rings. The van der Waals surface area contributed by atoms with E-state index in [0.29, 0.717) is 6.73 Å². The molecule has 1 aliphatic carbocycles. The van der Waals surface area contributed by atoms with Gasteiger partial charge in [-0.15, -0.1) is 0 Å². The molecule has 3 heteroatoms. The second-order valence-corrected chi connectivity index (χ2v) is 9.20. The summed E-state index contributed by atoms with van der Waals surface area (Å²) in [4.78, 5) is 2.37. The average molecular weight is 432 g/mol. The molecule has 0 N–H and O–H groups in total.